The van der Waals surface area contributed by atoms with Gasteiger partial charge in [-0.15, -0.1) is 0 Å². The van der Waals surface area contributed by atoms with Gasteiger partial charge in [0, 0.05) is 31.7 Å². The maximum atomic E-state index is 12.0. The predicted octanol–water partition coefficient (Wildman–Crippen LogP) is 7.94. The van der Waals surface area contributed by atoms with E-state index in [0.717, 1.165) is 37.3 Å². The number of nitrogens with one attached hydrogen (secondary N) is 1. The van der Waals surface area contributed by atoms with Gasteiger partial charge in [-0.25, -0.2) is 13.2 Å². The molecule has 6 aliphatic rings. The van der Waals surface area contributed by atoms with Crippen molar-refractivity contribution >= 4 is 21.4 Å². The van der Waals surface area contributed by atoms with E-state index in [-0.39, 0.29) is 16.4 Å². The number of fused-ring (bicyclic) bond motifs is 7. The van der Waals surface area contributed by atoms with Crippen LogP contribution >= 0.6 is 0 Å². The molecular weight excluding hydrogens is 617 g/mol. The number of sulfone groups is 1. The van der Waals surface area contributed by atoms with Crippen LogP contribution in [0.3, 0.4) is 0 Å². The number of rotatable bonds is 7. The first-order valence-corrected chi connectivity index (χ1v) is 21.1. The fourth-order valence-electron chi connectivity index (χ4n) is 13.8. The Kier molecular flexibility index (Phi) is 8.64. The summed E-state index contributed by atoms with van der Waals surface area (Å²) in [6.07, 6.45) is 15.4. The van der Waals surface area contributed by atoms with E-state index in [1.165, 1.54) is 68.9 Å². The molecule has 9 atom stereocenters. The number of carboxylic acids is 1. The number of hydrogen-bond donors (Lipinski definition) is 2. The van der Waals surface area contributed by atoms with Crippen molar-refractivity contribution in [2.75, 3.05) is 37.7 Å². The van der Waals surface area contributed by atoms with Crippen LogP contribution in [-0.4, -0.2) is 67.6 Å². The highest BCUT2D eigenvalue weighted by atomic mass is 32.2. The number of aromatic carboxylic acids is 1. The Balaban J connectivity index is 1.13. The maximum Gasteiger partial charge on any atom is 0.335 e. The Morgan fingerprint density at radius 2 is 1.60 bits per heavy atom. The molecule has 1 aromatic rings. The minimum Gasteiger partial charge on any atom is -0.478 e. The van der Waals surface area contributed by atoms with E-state index in [1.54, 1.807) is 12.1 Å². The van der Waals surface area contributed by atoms with Crippen molar-refractivity contribution in [2.45, 2.75) is 111 Å². The van der Waals surface area contributed by atoms with Crippen LogP contribution in [-0.2, 0) is 9.84 Å². The Morgan fingerprint density at radius 3 is 2.27 bits per heavy atom. The fraction of sp³-hybridized carbons (Fsp3) is 0.780. The van der Waals surface area contributed by atoms with Crippen LogP contribution in [0.4, 0.5) is 0 Å². The predicted molar refractivity (Wildman–Crippen MR) is 195 cm³/mol. The van der Waals surface area contributed by atoms with Gasteiger partial charge in [0.2, 0.25) is 0 Å². The van der Waals surface area contributed by atoms with E-state index in [0.29, 0.717) is 52.8 Å². The summed E-state index contributed by atoms with van der Waals surface area (Å²) in [5.74, 6) is 3.34. The van der Waals surface area contributed by atoms with Crippen molar-refractivity contribution in [3.05, 3.63) is 41.5 Å². The van der Waals surface area contributed by atoms with Crippen LogP contribution in [0.25, 0.3) is 5.57 Å². The Morgan fingerprint density at radius 1 is 0.896 bits per heavy atom. The largest absolute Gasteiger partial charge is 0.478 e. The summed E-state index contributed by atoms with van der Waals surface area (Å²) in [4.78, 5) is 13.9. The SMILES string of the molecule is CCC1CCC2(NCCN3CCS(=O)(=O)CC3)CCC3(C)C(CCC4C5(C)CC=C(c6ccc(C(=O)O)cc6)C(C)(C)C5CCC43C)C12. The van der Waals surface area contributed by atoms with Crippen LogP contribution in [0.15, 0.2) is 30.3 Å². The van der Waals surface area contributed by atoms with Gasteiger partial charge in [0.25, 0.3) is 0 Å². The minimum atomic E-state index is -2.84. The van der Waals surface area contributed by atoms with Gasteiger partial charge in [-0.05, 0) is 132 Å². The van der Waals surface area contributed by atoms with Crippen LogP contribution in [0.5, 0.6) is 0 Å². The third kappa shape index (κ3) is 5.21. The van der Waals surface area contributed by atoms with E-state index in [2.05, 4.69) is 57.8 Å². The molecule has 5 fully saturated rings. The van der Waals surface area contributed by atoms with E-state index < -0.39 is 15.8 Å². The molecule has 7 rings (SSSR count). The van der Waals surface area contributed by atoms with Gasteiger partial charge < -0.3 is 15.3 Å². The van der Waals surface area contributed by atoms with Crippen LogP contribution < -0.4 is 5.32 Å². The molecule has 0 bridgehead atoms. The second-order valence-corrected chi connectivity index (χ2v) is 20.7. The second-order valence-electron chi connectivity index (χ2n) is 18.4. The third-order valence-electron chi connectivity index (χ3n) is 16.5. The van der Waals surface area contributed by atoms with Gasteiger partial charge in [-0.2, -0.15) is 0 Å². The zero-order valence-electron chi connectivity index (χ0n) is 30.6. The number of nitrogens with zero attached hydrogens (tertiary/aromatic N) is 1. The molecule has 0 spiro atoms. The molecule has 2 N–H and O–H groups in total. The van der Waals surface area contributed by atoms with Crippen molar-refractivity contribution < 1.29 is 18.3 Å². The van der Waals surface area contributed by atoms with Crippen LogP contribution in [0.1, 0.15) is 122 Å². The Bertz CT molecular complexity index is 1540. The molecule has 0 radical (unpaired) electrons. The lowest BCUT2D eigenvalue weighted by Crippen LogP contribution is -2.68. The number of carbonyl (C=O) groups is 1. The lowest BCUT2D eigenvalue weighted by molar-refractivity contribution is -0.220. The Hall–Kier alpha value is -1.70. The molecule has 7 heteroatoms. The zero-order chi connectivity index (χ0) is 34.3. The summed E-state index contributed by atoms with van der Waals surface area (Å²) in [5, 5.41) is 13.7. The summed E-state index contributed by atoms with van der Waals surface area (Å²) in [6, 6.07) is 7.61. The Labute approximate surface area is 290 Å². The molecule has 0 aromatic heterocycles. The van der Waals surface area contributed by atoms with Crippen LogP contribution in [0.2, 0.25) is 0 Å². The topological polar surface area (TPSA) is 86.7 Å². The van der Waals surface area contributed by atoms with Crippen molar-refractivity contribution in [3.8, 4) is 0 Å². The lowest BCUT2D eigenvalue weighted by atomic mass is 9.33. The first-order valence-electron chi connectivity index (χ1n) is 19.3. The standard InChI is InChI=1S/C41H62N2O4S/c1-7-28-14-19-41(42-22-23-43-24-26-48(46,47)27-25-43)21-20-39(5)32(35(28)41)12-13-34-38(4)17-15-31(29-8-10-30(11-9-29)36(44)45)37(2,3)33(38)16-18-40(34,39)6/h8-11,15,28,32-35,42H,7,12-14,16-27H2,1-6H3,(H,44,45). The summed E-state index contributed by atoms with van der Waals surface area (Å²) in [6.45, 7) is 18.8. The quantitative estimate of drug-likeness (QED) is 0.305. The summed E-state index contributed by atoms with van der Waals surface area (Å²) in [7, 11) is -2.84. The minimum absolute atomic E-state index is 0.0275. The van der Waals surface area contributed by atoms with Crippen LogP contribution in [0, 0.1) is 51.2 Å². The first kappa shape index (κ1) is 34.7. The molecule has 1 saturated heterocycles. The van der Waals surface area contributed by atoms with Gasteiger partial charge in [0.15, 0.2) is 9.84 Å². The molecule has 1 heterocycles. The molecule has 1 aliphatic heterocycles. The fourth-order valence-corrected chi connectivity index (χ4v) is 15.1. The van der Waals surface area contributed by atoms with Crippen molar-refractivity contribution in [1.29, 1.82) is 0 Å². The molecule has 0 amide bonds. The molecule has 6 nitrogen and oxygen atoms in total. The second kappa shape index (κ2) is 11.9. The molecular formula is C41H62N2O4S. The summed E-state index contributed by atoms with van der Waals surface area (Å²) >= 11 is 0. The number of hydrogen-bond acceptors (Lipinski definition) is 5. The van der Waals surface area contributed by atoms with Gasteiger partial charge in [0.1, 0.15) is 0 Å². The monoisotopic (exact) mass is 678 g/mol. The molecule has 266 valence electrons. The lowest BCUT2D eigenvalue weighted by Gasteiger charge is -2.72. The van der Waals surface area contributed by atoms with Crippen molar-refractivity contribution in [2.24, 2.45) is 51.2 Å². The highest BCUT2D eigenvalue weighted by Gasteiger charge is 2.70. The number of allylic oxidation sites excluding steroid dienone is 2. The maximum absolute atomic E-state index is 12.0. The number of benzene rings is 1. The summed E-state index contributed by atoms with van der Waals surface area (Å²) in [5.41, 5.74) is 4.11. The number of carboxylic acid groups (broad SMARTS) is 1. The van der Waals surface area contributed by atoms with E-state index in [9.17, 15) is 18.3 Å². The third-order valence-corrected chi connectivity index (χ3v) is 18.1. The summed E-state index contributed by atoms with van der Waals surface area (Å²) < 4.78 is 24.0. The molecule has 9 unspecified atom stereocenters. The average Bonchev–Trinajstić information content (AvgIpc) is 3.41. The van der Waals surface area contributed by atoms with E-state index in [1.807, 2.05) is 12.1 Å². The van der Waals surface area contributed by atoms with E-state index >= 15 is 0 Å². The molecule has 4 saturated carbocycles. The van der Waals surface area contributed by atoms with Gasteiger partial charge in [-0.3, -0.25) is 0 Å². The normalized spacial score (nSPS) is 43.3. The van der Waals surface area contributed by atoms with Gasteiger partial charge in [-0.1, -0.05) is 66.2 Å². The first-order chi connectivity index (χ1) is 22.6. The highest BCUT2D eigenvalue weighted by molar-refractivity contribution is 7.91. The van der Waals surface area contributed by atoms with Crippen molar-refractivity contribution in [1.82, 2.24) is 10.2 Å². The average molecular weight is 679 g/mol. The van der Waals surface area contributed by atoms with E-state index in [4.69, 9.17) is 0 Å². The molecule has 5 aliphatic carbocycles. The van der Waals surface area contributed by atoms with Crippen molar-refractivity contribution in [3.63, 3.8) is 0 Å². The van der Waals surface area contributed by atoms with Gasteiger partial charge >= 0.3 is 5.97 Å². The zero-order valence-corrected chi connectivity index (χ0v) is 31.4. The smallest absolute Gasteiger partial charge is 0.335 e. The molecule has 48 heavy (non-hydrogen) atoms. The molecule has 1 aromatic carbocycles. The highest BCUT2D eigenvalue weighted by Crippen LogP contribution is 2.76. The van der Waals surface area contributed by atoms with Gasteiger partial charge in [0.05, 0.1) is 17.1 Å².